The van der Waals surface area contributed by atoms with Crippen LogP contribution in [0, 0.1) is 0 Å². The third-order valence-electron chi connectivity index (χ3n) is 3.46. The van der Waals surface area contributed by atoms with Gasteiger partial charge in [-0.05, 0) is 26.8 Å². The number of amides is 1. The van der Waals surface area contributed by atoms with Crippen LogP contribution in [0.1, 0.15) is 27.2 Å². The van der Waals surface area contributed by atoms with Gasteiger partial charge in [0, 0.05) is 57.1 Å². The average Bonchev–Trinajstić information content (AvgIpc) is 2.47. The Balaban J connectivity index is 1.75. The SMILES string of the molecule is CC(C)(C)NCCC(=O)N1CCN(c2ncccn2)CC1. The molecule has 0 bridgehead atoms. The van der Waals surface area contributed by atoms with Crippen LogP contribution in [0.3, 0.4) is 0 Å². The van der Waals surface area contributed by atoms with Gasteiger partial charge in [0.05, 0.1) is 0 Å². The lowest BCUT2D eigenvalue weighted by atomic mass is 10.1. The van der Waals surface area contributed by atoms with Crippen molar-refractivity contribution in [2.75, 3.05) is 37.6 Å². The van der Waals surface area contributed by atoms with Crippen molar-refractivity contribution >= 4 is 11.9 Å². The maximum absolute atomic E-state index is 12.2. The molecule has 116 valence electrons. The Morgan fingerprint density at radius 3 is 2.38 bits per heavy atom. The van der Waals surface area contributed by atoms with Crippen molar-refractivity contribution in [2.45, 2.75) is 32.7 Å². The number of aromatic nitrogens is 2. The van der Waals surface area contributed by atoms with Crippen molar-refractivity contribution in [2.24, 2.45) is 0 Å². The highest BCUT2D eigenvalue weighted by atomic mass is 16.2. The standard InChI is InChI=1S/C15H25N5O/c1-15(2,3)18-8-5-13(21)19-9-11-20(12-10-19)14-16-6-4-7-17-14/h4,6-7,18H,5,8-12H2,1-3H3. The minimum absolute atomic E-state index is 0.0592. The molecule has 1 saturated heterocycles. The topological polar surface area (TPSA) is 61.4 Å². The maximum Gasteiger partial charge on any atom is 0.225 e. The number of hydrogen-bond acceptors (Lipinski definition) is 5. The largest absolute Gasteiger partial charge is 0.339 e. The summed E-state index contributed by atoms with van der Waals surface area (Å²) in [5, 5.41) is 3.35. The number of hydrogen-bond donors (Lipinski definition) is 1. The Morgan fingerprint density at radius 1 is 1.19 bits per heavy atom. The fourth-order valence-electron chi connectivity index (χ4n) is 2.31. The smallest absolute Gasteiger partial charge is 0.225 e. The number of carbonyl (C=O) groups excluding carboxylic acids is 1. The summed E-state index contributed by atoms with van der Waals surface area (Å²) < 4.78 is 0. The second kappa shape index (κ2) is 6.85. The highest BCUT2D eigenvalue weighted by molar-refractivity contribution is 5.76. The summed E-state index contributed by atoms with van der Waals surface area (Å²) in [4.78, 5) is 24.7. The monoisotopic (exact) mass is 291 g/mol. The van der Waals surface area contributed by atoms with Gasteiger partial charge in [-0.2, -0.15) is 0 Å². The van der Waals surface area contributed by atoms with E-state index >= 15 is 0 Å². The van der Waals surface area contributed by atoms with Crippen LogP contribution in [-0.4, -0.2) is 59.0 Å². The molecule has 2 rings (SSSR count). The summed E-state index contributed by atoms with van der Waals surface area (Å²) >= 11 is 0. The summed E-state index contributed by atoms with van der Waals surface area (Å²) in [6.07, 6.45) is 4.05. The van der Waals surface area contributed by atoms with Crippen LogP contribution in [-0.2, 0) is 4.79 Å². The van der Waals surface area contributed by atoms with Gasteiger partial charge in [0.1, 0.15) is 0 Å². The lowest BCUT2D eigenvalue weighted by molar-refractivity contribution is -0.131. The first-order chi connectivity index (χ1) is 9.96. The van der Waals surface area contributed by atoms with E-state index < -0.39 is 0 Å². The molecule has 6 heteroatoms. The number of piperazine rings is 1. The van der Waals surface area contributed by atoms with Crippen molar-refractivity contribution in [3.63, 3.8) is 0 Å². The van der Waals surface area contributed by atoms with Crippen molar-refractivity contribution < 1.29 is 4.79 Å². The molecule has 2 heterocycles. The van der Waals surface area contributed by atoms with E-state index in [2.05, 4.69) is 41.0 Å². The third kappa shape index (κ3) is 4.97. The molecule has 1 aliphatic heterocycles. The Hall–Kier alpha value is -1.69. The van der Waals surface area contributed by atoms with Gasteiger partial charge < -0.3 is 15.1 Å². The van der Waals surface area contributed by atoms with E-state index in [1.807, 2.05) is 11.0 Å². The van der Waals surface area contributed by atoms with E-state index in [-0.39, 0.29) is 11.4 Å². The first kappa shape index (κ1) is 15.7. The highest BCUT2D eigenvalue weighted by Crippen LogP contribution is 2.10. The number of carbonyl (C=O) groups is 1. The second-order valence-electron chi connectivity index (χ2n) is 6.34. The number of rotatable bonds is 4. The number of nitrogens with zero attached hydrogens (tertiary/aromatic N) is 4. The van der Waals surface area contributed by atoms with Crippen LogP contribution >= 0.6 is 0 Å². The van der Waals surface area contributed by atoms with Gasteiger partial charge >= 0.3 is 0 Å². The van der Waals surface area contributed by atoms with E-state index in [1.165, 1.54) is 0 Å². The van der Waals surface area contributed by atoms with Crippen LogP contribution < -0.4 is 10.2 Å². The van der Waals surface area contributed by atoms with Gasteiger partial charge in [-0.15, -0.1) is 0 Å². The Kier molecular flexibility index (Phi) is 5.12. The minimum Gasteiger partial charge on any atom is -0.339 e. The van der Waals surface area contributed by atoms with E-state index in [9.17, 15) is 4.79 Å². The molecule has 1 fully saturated rings. The van der Waals surface area contributed by atoms with Gasteiger partial charge in [-0.1, -0.05) is 0 Å². The van der Waals surface area contributed by atoms with Crippen LogP contribution in [0.2, 0.25) is 0 Å². The van der Waals surface area contributed by atoms with Crippen molar-refractivity contribution in [3.05, 3.63) is 18.5 Å². The molecule has 6 nitrogen and oxygen atoms in total. The zero-order valence-electron chi connectivity index (χ0n) is 13.2. The van der Waals surface area contributed by atoms with Gasteiger partial charge in [0.15, 0.2) is 0 Å². The summed E-state index contributed by atoms with van der Waals surface area (Å²) in [7, 11) is 0. The van der Waals surface area contributed by atoms with Crippen molar-refractivity contribution in [1.29, 1.82) is 0 Å². The fraction of sp³-hybridized carbons (Fsp3) is 0.667. The molecular formula is C15H25N5O. The third-order valence-corrected chi connectivity index (χ3v) is 3.46. The lowest BCUT2D eigenvalue weighted by Crippen LogP contribution is -2.50. The molecule has 1 aromatic rings. The molecular weight excluding hydrogens is 266 g/mol. The van der Waals surface area contributed by atoms with E-state index in [0.717, 1.165) is 38.7 Å². The fourth-order valence-corrected chi connectivity index (χ4v) is 2.31. The zero-order valence-corrected chi connectivity index (χ0v) is 13.2. The van der Waals surface area contributed by atoms with Crippen LogP contribution in [0.5, 0.6) is 0 Å². The molecule has 0 aliphatic carbocycles. The Labute approximate surface area is 126 Å². The Bertz CT molecular complexity index is 449. The van der Waals surface area contributed by atoms with E-state index in [0.29, 0.717) is 6.42 Å². The first-order valence-electron chi connectivity index (χ1n) is 7.50. The zero-order chi connectivity index (χ0) is 15.3. The molecule has 0 spiro atoms. The molecule has 0 radical (unpaired) electrons. The summed E-state index contributed by atoms with van der Waals surface area (Å²) in [6, 6.07) is 1.81. The van der Waals surface area contributed by atoms with E-state index in [1.54, 1.807) is 12.4 Å². The summed E-state index contributed by atoms with van der Waals surface area (Å²) in [5.41, 5.74) is 0.0592. The van der Waals surface area contributed by atoms with Gasteiger partial charge in [-0.3, -0.25) is 4.79 Å². The van der Waals surface area contributed by atoms with Crippen LogP contribution in [0.4, 0.5) is 5.95 Å². The predicted octanol–water partition coefficient (Wildman–Crippen LogP) is 0.903. The van der Waals surface area contributed by atoms with Gasteiger partial charge in [0.2, 0.25) is 11.9 Å². The highest BCUT2D eigenvalue weighted by Gasteiger charge is 2.22. The van der Waals surface area contributed by atoms with Gasteiger partial charge in [-0.25, -0.2) is 9.97 Å². The lowest BCUT2D eigenvalue weighted by Gasteiger charge is -2.35. The molecule has 0 atom stereocenters. The molecule has 1 aliphatic rings. The van der Waals surface area contributed by atoms with Crippen molar-refractivity contribution in [3.8, 4) is 0 Å². The first-order valence-corrected chi connectivity index (χ1v) is 7.50. The van der Waals surface area contributed by atoms with E-state index in [4.69, 9.17) is 0 Å². The predicted molar refractivity (Wildman–Crippen MR) is 83.2 cm³/mol. The molecule has 0 saturated carbocycles. The molecule has 1 amide bonds. The molecule has 1 aromatic heterocycles. The van der Waals surface area contributed by atoms with Gasteiger partial charge in [0.25, 0.3) is 0 Å². The molecule has 21 heavy (non-hydrogen) atoms. The second-order valence-corrected chi connectivity index (χ2v) is 6.34. The van der Waals surface area contributed by atoms with Crippen molar-refractivity contribution in [1.82, 2.24) is 20.2 Å². The minimum atomic E-state index is 0.0592. The quantitative estimate of drug-likeness (QED) is 0.893. The normalized spacial score (nSPS) is 16.1. The molecule has 1 N–H and O–H groups in total. The average molecular weight is 291 g/mol. The summed E-state index contributed by atoms with van der Waals surface area (Å²) in [6.45, 7) is 10.1. The van der Waals surface area contributed by atoms with Crippen LogP contribution in [0.25, 0.3) is 0 Å². The number of nitrogens with one attached hydrogen (secondary N) is 1. The molecule has 0 unspecified atom stereocenters. The maximum atomic E-state index is 12.2. The molecule has 0 aromatic carbocycles. The number of anilines is 1. The Morgan fingerprint density at radius 2 is 1.81 bits per heavy atom. The summed E-state index contributed by atoms with van der Waals surface area (Å²) in [5.74, 6) is 0.972. The van der Waals surface area contributed by atoms with Crippen LogP contribution in [0.15, 0.2) is 18.5 Å².